The van der Waals surface area contributed by atoms with Gasteiger partial charge in [-0.25, -0.2) is 9.78 Å². The van der Waals surface area contributed by atoms with Crippen molar-refractivity contribution in [3.05, 3.63) is 35.9 Å². The molecule has 148 valence electrons. The summed E-state index contributed by atoms with van der Waals surface area (Å²) in [7, 11) is 0. The maximum Gasteiger partial charge on any atom is 0.321 e. The van der Waals surface area contributed by atoms with Gasteiger partial charge in [-0.05, 0) is 31.4 Å². The normalized spacial score (nSPS) is 13.2. The molecule has 0 saturated heterocycles. The molecule has 1 fully saturated rings. The van der Waals surface area contributed by atoms with E-state index in [2.05, 4.69) is 20.9 Å². The number of nitrogens with one attached hydrogen (secondary N) is 3. The molecule has 1 saturated carbocycles. The SMILES string of the molecule is CCCCNC(=O)NC(=O)CSc1cc(C(=O)NC2CC2)c2ccccc2n1. The van der Waals surface area contributed by atoms with Gasteiger partial charge in [-0.1, -0.05) is 43.3 Å². The van der Waals surface area contributed by atoms with Crippen molar-refractivity contribution >= 4 is 40.5 Å². The highest BCUT2D eigenvalue weighted by Gasteiger charge is 2.25. The summed E-state index contributed by atoms with van der Waals surface area (Å²) in [6.07, 6.45) is 3.85. The molecule has 1 aliphatic carbocycles. The number of para-hydroxylation sites is 1. The van der Waals surface area contributed by atoms with Gasteiger partial charge in [0, 0.05) is 18.0 Å². The number of nitrogens with zero attached hydrogens (tertiary/aromatic N) is 1. The molecule has 8 heteroatoms. The van der Waals surface area contributed by atoms with E-state index in [4.69, 9.17) is 0 Å². The second-order valence-corrected chi connectivity index (χ2v) is 7.71. The minimum atomic E-state index is -0.491. The van der Waals surface area contributed by atoms with E-state index in [-0.39, 0.29) is 17.7 Å². The highest BCUT2D eigenvalue weighted by molar-refractivity contribution is 7.99. The van der Waals surface area contributed by atoms with E-state index in [1.807, 2.05) is 31.2 Å². The average Bonchev–Trinajstić information content (AvgIpc) is 3.49. The van der Waals surface area contributed by atoms with E-state index in [0.29, 0.717) is 22.7 Å². The predicted molar refractivity (Wildman–Crippen MR) is 109 cm³/mol. The minimum Gasteiger partial charge on any atom is -0.349 e. The van der Waals surface area contributed by atoms with E-state index in [9.17, 15) is 14.4 Å². The first-order valence-corrected chi connectivity index (χ1v) is 10.5. The molecule has 1 aliphatic rings. The van der Waals surface area contributed by atoms with Gasteiger partial charge in [0.15, 0.2) is 0 Å². The van der Waals surface area contributed by atoms with Crippen molar-refractivity contribution in [1.29, 1.82) is 0 Å². The van der Waals surface area contributed by atoms with Crippen LogP contribution >= 0.6 is 11.8 Å². The zero-order valence-corrected chi connectivity index (χ0v) is 16.6. The molecule has 7 nitrogen and oxygen atoms in total. The first-order valence-electron chi connectivity index (χ1n) is 9.48. The molecule has 1 aromatic heterocycles. The smallest absolute Gasteiger partial charge is 0.321 e. The molecule has 1 aromatic carbocycles. The molecule has 0 radical (unpaired) electrons. The summed E-state index contributed by atoms with van der Waals surface area (Å²) >= 11 is 1.20. The van der Waals surface area contributed by atoms with E-state index in [0.717, 1.165) is 31.1 Å². The first kappa shape index (κ1) is 20.1. The molecule has 28 heavy (non-hydrogen) atoms. The van der Waals surface area contributed by atoms with E-state index < -0.39 is 11.9 Å². The van der Waals surface area contributed by atoms with Crippen molar-refractivity contribution < 1.29 is 14.4 Å². The van der Waals surface area contributed by atoms with Crippen molar-refractivity contribution in [2.75, 3.05) is 12.3 Å². The molecule has 3 rings (SSSR count). The summed E-state index contributed by atoms with van der Waals surface area (Å²) in [5, 5.41) is 9.29. The third-order valence-electron chi connectivity index (χ3n) is 4.27. The summed E-state index contributed by atoms with van der Waals surface area (Å²) in [6.45, 7) is 2.56. The van der Waals surface area contributed by atoms with Crippen LogP contribution in [0.15, 0.2) is 35.4 Å². The number of imide groups is 1. The van der Waals surface area contributed by atoms with E-state index in [1.165, 1.54) is 11.8 Å². The fourth-order valence-corrected chi connectivity index (χ4v) is 3.34. The Morgan fingerprint density at radius 3 is 2.75 bits per heavy atom. The summed E-state index contributed by atoms with van der Waals surface area (Å²) in [4.78, 5) is 40.8. The van der Waals surface area contributed by atoms with Crippen LogP contribution < -0.4 is 16.0 Å². The summed E-state index contributed by atoms with van der Waals surface area (Å²) < 4.78 is 0. The number of unbranched alkanes of at least 4 members (excludes halogenated alkanes) is 1. The molecule has 0 bridgehead atoms. The summed E-state index contributed by atoms with van der Waals surface area (Å²) in [5.41, 5.74) is 1.25. The van der Waals surface area contributed by atoms with Gasteiger partial charge in [0.25, 0.3) is 5.91 Å². The van der Waals surface area contributed by atoms with Crippen LogP contribution in [0.1, 0.15) is 43.0 Å². The Bertz CT molecular complexity index is 883. The molecule has 0 atom stereocenters. The number of aromatic nitrogens is 1. The monoisotopic (exact) mass is 400 g/mol. The van der Waals surface area contributed by atoms with Crippen LogP contribution in [-0.4, -0.2) is 41.2 Å². The molecule has 0 spiro atoms. The van der Waals surface area contributed by atoms with Crippen molar-refractivity contribution in [3.63, 3.8) is 0 Å². The van der Waals surface area contributed by atoms with Crippen LogP contribution in [0, 0.1) is 0 Å². The van der Waals surface area contributed by atoms with Crippen LogP contribution in [0.25, 0.3) is 10.9 Å². The third-order valence-corrected chi connectivity index (χ3v) is 5.18. The molecule has 0 unspecified atom stereocenters. The lowest BCUT2D eigenvalue weighted by Crippen LogP contribution is -2.40. The van der Waals surface area contributed by atoms with Crippen molar-refractivity contribution in [2.45, 2.75) is 43.7 Å². The van der Waals surface area contributed by atoms with Gasteiger partial charge in [0.05, 0.1) is 21.9 Å². The predicted octanol–water partition coefficient (Wildman–Crippen LogP) is 2.85. The molecule has 0 aliphatic heterocycles. The van der Waals surface area contributed by atoms with Crippen LogP contribution in [0.4, 0.5) is 4.79 Å². The van der Waals surface area contributed by atoms with E-state index in [1.54, 1.807) is 6.07 Å². The fourth-order valence-electron chi connectivity index (χ4n) is 2.63. The number of amides is 4. The topological polar surface area (TPSA) is 100 Å². The second-order valence-electron chi connectivity index (χ2n) is 6.72. The van der Waals surface area contributed by atoms with Crippen LogP contribution in [0.3, 0.4) is 0 Å². The summed E-state index contributed by atoms with van der Waals surface area (Å²) in [5.74, 6) is -0.489. The number of rotatable bonds is 8. The quantitative estimate of drug-likeness (QED) is 0.467. The fraction of sp³-hybridized carbons (Fsp3) is 0.400. The number of thioether (sulfide) groups is 1. The molecule has 4 amide bonds. The van der Waals surface area contributed by atoms with Crippen molar-refractivity contribution in [1.82, 2.24) is 20.9 Å². The van der Waals surface area contributed by atoms with Gasteiger partial charge in [-0.15, -0.1) is 0 Å². The maximum atomic E-state index is 12.6. The highest BCUT2D eigenvalue weighted by atomic mass is 32.2. The molecular formula is C20H24N4O3S. The Morgan fingerprint density at radius 1 is 1.21 bits per heavy atom. The Kier molecular flexibility index (Phi) is 6.86. The Balaban J connectivity index is 1.65. The van der Waals surface area contributed by atoms with Crippen LogP contribution in [0.2, 0.25) is 0 Å². The number of hydrogen-bond acceptors (Lipinski definition) is 5. The van der Waals surface area contributed by atoms with Crippen LogP contribution in [-0.2, 0) is 4.79 Å². The number of hydrogen-bond donors (Lipinski definition) is 3. The van der Waals surface area contributed by atoms with Crippen LogP contribution in [0.5, 0.6) is 0 Å². The first-order chi connectivity index (χ1) is 13.6. The Morgan fingerprint density at radius 2 is 2.00 bits per heavy atom. The molecular weight excluding hydrogens is 376 g/mol. The molecule has 2 aromatic rings. The van der Waals surface area contributed by atoms with Gasteiger partial charge in [0.2, 0.25) is 5.91 Å². The van der Waals surface area contributed by atoms with Gasteiger partial charge >= 0.3 is 6.03 Å². The van der Waals surface area contributed by atoms with Gasteiger partial charge in [0.1, 0.15) is 0 Å². The zero-order chi connectivity index (χ0) is 19.9. The number of carbonyl (C=O) groups is 3. The Hall–Kier alpha value is -2.61. The number of fused-ring (bicyclic) bond motifs is 1. The Labute approximate surface area is 168 Å². The zero-order valence-electron chi connectivity index (χ0n) is 15.8. The van der Waals surface area contributed by atoms with Crippen molar-refractivity contribution in [3.8, 4) is 0 Å². The van der Waals surface area contributed by atoms with E-state index >= 15 is 0 Å². The molecule has 3 N–H and O–H groups in total. The number of pyridine rings is 1. The summed E-state index contributed by atoms with van der Waals surface area (Å²) in [6, 6.07) is 8.91. The maximum absolute atomic E-state index is 12.6. The van der Waals surface area contributed by atoms with Crippen molar-refractivity contribution in [2.24, 2.45) is 0 Å². The lowest BCUT2D eigenvalue weighted by atomic mass is 10.1. The lowest BCUT2D eigenvalue weighted by Gasteiger charge is -2.10. The van der Waals surface area contributed by atoms with Gasteiger partial charge < -0.3 is 10.6 Å². The second kappa shape index (κ2) is 9.54. The largest absolute Gasteiger partial charge is 0.349 e. The third kappa shape index (κ3) is 5.69. The average molecular weight is 401 g/mol. The number of benzene rings is 1. The number of urea groups is 1. The van der Waals surface area contributed by atoms with Gasteiger partial charge in [-0.3, -0.25) is 14.9 Å². The lowest BCUT2D eigenvalue weighted by molar-refractivity contribution is -0.117. The number of carbonyl (C=O) groups excluding carboxylic acids is 3. The molecule has 1 heterocycles. The standard InChI is InChI=1S/C20H24N4O3S/c1-2-3-10-21-20(27)24-17(25)12-28-18-11-15(19(26)22-13-8-9-13)14-6-4-5-7-16(14)23-18/h4-7,11,13H,2-3,8-10,12H2,1H3,(H,22,26)(H2,21,24,25,27). The highest BCUT2D eigenvalue weighted by Crippen LogP contribution is 2.26. The van der Waals surface area contributed by atoms with Gasteiger partial charge in [-0.2, -0.15) is 0 Å². The minimum absolute atomic E-state index is 0.0379.